The van der Waals surface area contributed by atoms with Gasteiger partial charge in [-0.3, -0.25) is 4.79 Å². The normalized spacial score (nSPS) is 26.3. The fourth-order valence-corrected chi connectivity index (χ4v) is 2.72. The van der Waals surface area contributed by atoms with Crippen molar-refractivity contribution in [1.29, 1.82) is 0 Å². The third-order valence-electron chi connectivity index (χ3n) is 3.78. The molecular formula is C15H22N2O2. The van der Waals surface area contributed by atoms with Gasteiger partial charge in [-0.15, -0.1) is 0 Å². The van der Waals surface area contributed by atoms with Gasteiger partial charge in [0.2, 0.25) is 5.91 Å². The standard InChI is InChI=1S/C15H22N2O2/c1-3-17-15(14(16)18)9-8-13(10-15)19-12-6-4-11(2)5-7-12/h4-7,13,17H,3,8-10H2,1-2H3,(H2,16,18). The van der Waals surface area contributed by atoms with Gasteiger partial charge in [-0.25, -0.2) is 0 Å². The summed E-state index contributed by atoms with van der Waals surface area (Å²) in [7, 11) is 0. The molecule has 3 N–H and O–H groups in total. The molecule has 1 aliphatic rings. The van der Waals surface area contributed by atoms with Crippen molar-refractivity contribution in [2.24, 2.45) is 5.73 Å². The van der Waals surface area contributed by atoms with Crippen LogP contribution in [0.15, 0.2) is 24.3 Å². The van der Waals surface area contributed by atoms with E-state index in [2.05, 4.69) is 5.32 Å². The van der Waals surface area contributed by atoms with Gasteiger partial charge >= 0.3 is 0 Å². The van der Waals surface area contributed by atoms with E-state index in [1.165, 1.54) is 5.56 Å². The zero-order chi connectivity index (χ0) is 13.9. The lowest BCUT2D eigenvalue weighted by Crippen LogP contribution is -2.54. The van der Waals surface area contributed by atoms with Gasteiger partial charge in [0.1, 0.15) is 17.4 Å². The van der Waals surface area contributed by atoms with Crippen molar-refractivity contribution < 1.29 is 9.53 Å². The number of carbonyl (C=O) groups excluding carboxylic acids is 1. The van der Waals surface area contributed by atoms with Crippen molar-refractivity contribution >= 4 is 5.91 Å². The van der Waals surface area contributed by atoms with E-state index < -0.39 is 5.54 Å². The Morgan fingerprint density at radius 3 is 2.74 bits per heavy atom. The number of hydrogen-bond acceptors (Lipinski definition) is 3. The number of ether oxygens (including phenoxy) is 1. The molecule has 2 unspecified atom stereocenters. The molecule has 0 aromatic heterocycles. The highest BCUT2D eigenvalue weighted by molar-refractivity contribution is 5.85. The van der Waals surface area contributed by atoms with E-state index in [1.807, 2.05) is 38.1 Å². The van der Waals surface area contributed by atoms with Crippen LogP contribution in [0.4, 0.5) is 0 Å². The maximum Gasteiger partial charge on any atom is 0.237 e. The van der Waals surface area contributed by atoms with Crippen molar-refractivity contribution in [2.75, 3.05) is 6.54 Å². The SMILES string of the molecule is CCNC1(C(N)=O)CCC(Oc2ccc(C)cc2)C1. The molecule has 2 rings (SSSR count). The number of rotatable bonds is 5. The Morgan fingerprint density at radius 2 is 2.16 bits per heavy atom. The number of likely N-dealkylation sites (N-methyl/N-ethyl adjacent to an activating group) is 1. The largest absolute Gasteiger partial charge is 0.490 e. The fourth-order valence-electron chi connectivity index (χ4n) is 2.72. The van der Waals surface area contributed by atoms with Crippen LogP contribution in [-0.2, 0) is 4.79 Å². The van der Waals surface area contributed by atoms with Crippen molar-refractivity contribution in [1.82, 2.24) is 5.32 Å². The first-order chi connectivity index (χ1) is 9.05. The van der Waals surface area contributed by atoms with Crippen LogP contribution in [0.1, 0.15) is 31.7 Å². The van der Waals surface area contributed by atoms with Crippen molar-refractivity contribution in [3.8, 4) is 5.75 Å². The Balaban J connectivity index is 2.01. The molecule has 0 radical (unpaired) electrons. The second-order valence-electron chi connectivity index (χ2n) is 5.27. The van der Waals surface area contributed by atoms with E-state index in [0.717, 1.165) is 25.1 Å². The Labute approximate surface area is 114 Å². The van der Waals surface area contributed by atoms with Crippen molar-refractivity contribution in [2.45, 2.75) is 44.8 Å². The topological polar surface area (TPSA) is 64.3 Å². The van der Waals surface area contributed by atoms with Gasteiger partial charge in [-0.05, 0) is 38.4 Å². The fraction of sp³-hybridized carbons (Fsp3) is 0.533. The van der Waals surface area contributed by atoms with Crippen LogP contribution in [0.25, 0.3) is 0 Å². The quantitative estimate of drug-likeness (QED) is 0.850. The van der Waals surface area contributed by atoms with Gasteiger partial charge < -0.3 is 15.8 Å². The van der Waals surface area contributed by atoms with E-state index >= 15 is 0 Å². The lowest BCUT2D eigenvalue weighted by atomic mass is 9.96. The molecule has 1 fully saturated rings. The van der Waals surface area contributed by atoms with Crippen LogP contribution in [0.5, 0.6) is 5.75 Å². The molecule has 2 atom stereocenters. The highest BCUT2D eigenvalue weighted by atomic mass is 16.5. The Bertz CT molecular complexity index is 444. The number of amides is 1. The summed E-state index contributed by atoms with van der Waals surface area (Å²) in [6, 6.07) is 7.98. The second kappa shape index (κ2) is 5.61. The molecule has 0 saturated heterocycles. The number of nitrogens with two attached hydrogens (primary N) is 1. The van der Waals surface area contributed by atoms with E-state index in [1.54, 1.807) is 0 Å². The van der Waals surface area contributed by atoms with Gasteiger partial charge in [-0.1, -0.05) is 24.6 Å². The van der Waals surface area contributed by atoms with Gasteiger partial charge in [0.05, 0.1) is 0 Å². The van der Waals surface area contributed by atoms with Crippen LogP contribution in [0.2, 0.25) is 0 Å². The van der Waals surface area contributed by atoms with Gasteiger partial charge in [0.15, 0.2) is 0 Å². The molecule has 0 heterocycles. The number of primary amides is 1. The third-order valence-corrected chi connectivity index (χ3v) is 3.78. The molecule has 4 nitrogen and oxygen atoms in total. The number of hydrogen-bond donors (Lipinski definition) is 2. The summed E-state index contributed by atoms with van der Waals surface area (Å²) in [6.07, 6.45) is 2.29. The summed E-state index contributed by atoms with van der Waals surface area (Å²) < 4.78 is 5.93. The average Bonchev–Trinajstić information content (AvgIpc) is 2.77. The Morgan fingerprint density at radius 1 is 1.47 bits per heavy atom. The first-order valence-electron chi connectivity index (χ1n) is 6.84. The zero-order valence-electron chi connectivity index (χ0n) is 11.6. The monoisotopic (exact) mass is 262 g/mol. The first-order valence-corrected chi connectivity index (χ1v) is 6.84. The lowest BCUT2D eigenvalue weighted by Gasteiger charge is -2.26. The van der Waals surface area contributed by atoms with Crippen LogP contribution < -0.4 is 15.8 Å². The second-order valence-corrected chi connectivity index (χ2v) is 5.27. The maximum absolute atomic E-state index is 11.7. The van der Waals surface area contributed by atoms with E-state index in [-0.39, 0.29) is 12.0 Å². The number of benzene rings is 1. The molecule has 104 valence electrons. The van der Waals surface area contributed by atoms with Gasteiger partial charge in [0, 0.05) is 6.42 Å². The molecule has 1 aromatic carbocycles. The molecule has 1 aliphatic carbocycles. The minimum atomic E-state index is -0.593. The number of carbonyl (C=O) groups is 1. The molecular weight excluding hydrogens is 240 g/mol. The molecule has 1 amide bonds. The maximum atomic E-state index is 11.7. The smallest absolute Gasteiger partial charge is 0.237 e. The van der Waals surface area contributed by atoms with Crippen LogP contribution in [0, 0.1) is 6.92 Å². The predicted molar refractivity (Wildman–Crippen MR) is 75.0 cm³/mol. The Kier molecular flexibility index (Phi) is 4.10. The molecule has 1 aromatic rings. The predicted octanol–water partition coefficient (Wildman–Crippen LogP) is 1.76. The van der Waals surface area contributed by atoms with Crippen molar-refractivity contribution in [3.05, 3.63) is 29.8 Å². The number of aryl methyl sites for hydroxylation is 1. The highest BCUT2D eigenvalue weighted by Crippen LogP contribution is 2.32. The number of nitrogens with one attached hydrogen (secondary N) is 1. The summed E-state index contributed by atoms with van der Waals surface area (Å²) in [5.74, 6) is 0.580. The molecule has 0 aliphatic heterocycles. The molecule has 0 bridgehead atoms. The summed E-state index contributed by atoms with van der Waals surface area (Å²) in [5, 5.41) is 3.23. The lowest BCUT2D eigenvalue weighted by molar-refractivity contribution is -0.124. The molecule has 4 heteroatoms. The first kappa shape index (κ1) is 13.9. The average molecular weight is 262 g/mol. The Hall–Kier alpha value is -1.55. The summed E-state index contributed by atoms with van der Waals surface area (Å²) in [6.45, 7) is 4.77. The molecule has 0 spiro atoms. The van der Waals surface area contributed by atoms with E-state index in [4.69, 9.17) is 10.5 Å². The van der Waals surface area contributed by atoms with Crippen molar-refractivity contribution in [3.63, 3.8) is 0 Å². The highest BCUT2D eigenvalue weighted by Gasteiger charge is 2.44. The van der Waals surface area contributed by atoms with Crippen LogP contribution >= 0.6 is 0 Å². The minimum Gasteiger partial charge on any atom is -0.490 e. The minimum absolute atomic E-state index is 0.0502. The van der Waals surface area contributed by atoms with E-state index in [9.17, 15) is 4.79 Å². The molecule has 1 saturated carbocycles. The van der Waals surface area contributed by atoms with E-state index in [0.29, 0.717) is 6.42 Å². The van der Waals surface area contributed by atoms with Crippen LogP contribution in [-0.4, -0.2) is 24.1 Å². The third kappa shape index (κ3) is 3.07. The summed E-state index contributed by atoms with van der Waals surface area (Å²) >= 11 is 0. The zero-order valence-corrected chi connectivity index (χ0v) is 11.6. The van der Waals surface area contributed by atoms with Gasteiger partial charge in [-0.2, -0.15) is 0 Å². The van der Waals surface area contributed by atoms with Gasteiger partial charge in [0.25, 0.3) is 0 Å². The van der Waals surface area contributed by atoms with Crippen LogP contribution in [0.3, 0.4) is 0 Å². The summed E-state index contributed by atoms with van der Waals surface area (Å²) in [5.41, 5.74) is 6.15. The molecule has 19 heavy (non-hydrogen) atoms. The summed E-state index contributed by atoms with van der Waals surface area (Å²) in [4.78, 5) is 11.7.